The van der Waals surface area contributed by atoms with Crippen LogP contribution in [0, 0.1) is 0 Å². The largest absolute Gasteiger partial charge is 0.493 e. The molecule has 0 unspecified atom stereocenters. The van der Waals surface area contributed by atoms with Crippen LogP contribution < -0.4 is 15.2 Å². The Labute approximate surface area is 251 Å². The van der Waals surface area contributed by atoms with Gasteiger partial charge in [0.15, 0.2) is 17.3 Å². The van der Waals surface area contributed by atoms with Gasteiger partial charge in [-0.1, -0.05) is 30.5 Å². The maximum atomic E-state index is 13.4. The van der Waals surface area contributed by atoms with E-state index in [0.29, 0.717) is 24.2 Å². The summed E-state index contributed by atoms with van der Waals surface area (Å²) < 4.78 is 78.4. The molecule has 1 saturated heterocycles. The van der Waals surface area contributed by atoms with Crippen molar-refractivity contribution in [2.75, 3.05) is 24.3 Å². The third kappa shape index (κ3) is 5.62. The normalized spacial score (nSPS) is 17.9. The highest BCUT2D eigenvalue weighted by Gasteiger charge is 2.36. The Kier molecular flexibility index (Phi) is 7.70. The fourth-order valence-electron chi connectivity index (χ4n) is 6.45. The summed E-state index contributed by atoms with van der Waals surface area (Å²) in [5.41, 5.74) is 9.72. The van der Waals surface area contributed by atoms with Crippen LogP contribution in [-0.4, -0.2) is 41.6 Å². The van der Waals surface area contributed by atoms with Gasteiger partial charge < -0.3 is 15.2 Å². The first kappa shape index (κ1) is 29.6. The first-order chi connectivity index (χ1) is 20.5. The van der Waals surface area contributed by atoms with Gasteiger partial charge in [-0.05, 0) is 73.1 Å². The van der Waals surface area contributed by atoms with Crippen LogP contribution in [0.1, 0.15) is 67.2 Å². The molecule has 6 rings (SSSR count). The van der Waals surface area contributed by atoms with Crippen molar-refractivity contribution in [2.24, 2.45) is 0 Å². The predicted molar refractivity (Wildman–Crippen MR) is 158 cm³/mol. The first-order valence-corrected chi connectivity index (χ1v) is 16.2. The summed E-state index contributed by atoms with van der Waals surface area (Å²) in [7, 11) is -1.66. The van der Waals surface area contributed by atoms with E-state index < -0.39 is 26.6 Å². The molecule has 1 aliphatic carbocycles. The van der Waals surface area contributed by atoms with E-state index in [0.717, 1.165) is 60.2 Å². The molecular formula is C30H30ClF3N4O4S. The lowest BCUT2D eigenvalue weighted by atomic mass is 9.84. The van der Waals surface area contributed by atoms with E-state index in [1.165, 1.54) is 19.5 Å². The number of aromatic nitrogens is 3. The van der Waals surface area contributed by atoms with Gasteiger partial charge in [-0.15, -0.1) is 0 Å². The van der Waals surface area contributed by atoms with E-state index in [1.54, 1.807) is 18.2 Å². The topological polar surface area (TPSA) is 109 Å². The molecule has 3 heterocycles. The summed E-state index contributed by atoms with van der Waals surface area (Å²) in [6.07, 6.45) is 1.91. The van der Waals surface area contributed by atoms with Crippen LogP contribution in [0.2, 0.25) is 5.02 Å². The lowest BCUT2D eigenvalue weighted by molar-refractivity contribution is -0.137. The standard InChI is InChI=1S/C30H30ClF3N4O4S/c1-41-24-14-19(6-9-23(24)42-20-7-8-22(31)21(15-20)30(32,33)34)26-25(17-10-12-43(39,40)13-11-17)27(18-4-2-3-5-18)38-28(26)29(35)36-16-37-38/h6-9,14-18H,2-5,10-13H2,1H3,(H2,35,36,37). The van der Waals surface area contributed by atoms with Crippen LogP contribution in [0.4, 0.5) is 19.0 Å². The zero-order chi connectivity index (χ0) is 30.5. The molecule has 1 saturated carbocycles. The lowest BCUT2D eigenvalue weighted by Crippen LogP contribution is -2.23. The lowest BCUT2D eigenvalue weighted by Gasteiger charge is -2.25. The molecule has 13 heteroatoms. The number of sulfone groups is 1. The SMILES string of the molecule is COc1cc(-c2c(C3CCS(=O)(=O)CC3)c(C3CCCC3)n3ncnc(N)c23)ccc1Oc1ccc(Cl)c(C(F)(F)F)c1. The molecule has 0 bridgehead atoms. The van der Waals surface area contributed by atoms with Crippen molar-refractivity contribution in [1.29, 1.82) is 0 Å². The highest BCUT2D eigenvalue weighted by atomic mass is 35.5. The Morgan fingerprint density at radius 2 is 1.72 bits per heavy atom. The van der Waals surface area contributed by atoms with Gasteiger partial charge in [0.25, 0.3) is 0 Å². The minimum absolute atomic E-state index is 0.0352. The number of hydrogen-bond acceptors (Lipinski definition) is 7. The van der Waals surface area contributed by atoms with Gasteiger partial charge in [-0.2, -0.15) is 18.3 Å². The summed E-state index contributed by atoms with van der Waals surface area (Å²) in [4.78, 5) is 4.29. The molecule has 2 aromatic carbocycles. The summed E-state index contributed by atoms with van der Waals surface area (Å²) in [5.74, 6) is 1.14. The van der Waals surface area contributed by atoms with Crippen molar-refractivity contribution in [2.45, 2.75) is 56.5 Å². The summed E-state index contributed by atoms with van der Waals surface area (Å²) >= 11 is 5.78. The average Bonchev–Trinajstić information content (AvgIpc) is 3.61. The molecule has 43 heavy (non-hydrogen) atoms. The Balaban J connectivity index is 1.50. The van der Waals surface area contributed by atoms with Crippen LogP contribution in [0.25, 0.3) is 16.6 Å². The van der Waals surface area contributed by atoms with Crippen molar-refractivity contribution in [1.82, 2.24) is 14.6 Å². The number of fused-ring (bicyclic) bond motifs is 1. The number of methoxy groups -OCH3 is 1. The van der Waals surface area contributed by atoms with E-state index in [-0.39, 0.29) is 40.6 Å². The van der Waals surface area contributed by atoms with E-state index >= 15 is 0 Å². The number of alkyl halides is 3. The quantitative estimate of drug-likeness (QED) is 0.235. The van der Waals surface area contributed by atoms with Gasteiger partial charge >= 0.3 is 6.18 Å². The molecule has 1 aliphatic heterocycles. The number of halogens is 4. The molecule has 2 aliphatic rings. The van der Waals surface area contributed by atoms with Gasteiger partial charge in [0.05, 0.1) is 34.9 Å². The predicted octanol–water partition coefficient (Wildman–Crippen LogP) is 7.40. The number of hydrogen-bond donors (Lipinski definition) is 1. The zero-order valence-corrected chi connectivity index (χ0v) is 24.9. The van der Waals surface area contributed by atoms with Crippen molar-refractivity contribution < 1.29 is 31.1 Å². The maximum absolute atomic E-state index is 13.4. The summed E-state index contributed by atoms with van der Waals surface area (Å²) in [6, 6.07) is 8.51. The number of nitrogen functional groups attached to an aromatic ring is 1. The highest BCUT2D eigenvalue weighted by molar-refractivity contribution is 7.91. The number of nitrogens with zero attached hydrogens (tertiary/aromatic N) is 3. The second-order valence-electron chi connectivity index (χ2n) is 11.1. The number of anilines is 1. The molecule has 228 valence electrons. The van der Waals surface area contributed by atoms with E-state index in [1.807, 2.05) is 4.52 Å². The van der Waals surface area contributed by atoms with E-state index in [4.69, 9.17) is 26.8 Å². The van der Waals surface area contributed by atoms with Gasteiger partial charge in [-0.3, -0.25) is 0 Å². The third-order valence-electron chi connectivity index (χ3n) is 8.46. The van der Waals surface area contributed by atoms with Crippen LogP contribution in [0.5, 0.6) is 17.2 Å². The number of benzene rings is 2. The van der Waals surface area contributed by atoms with Crippen molar-refractivity contribution in [3.8, 4) is 28.4 Å². The van der Waals surface area contributed by atoms with Crippen LogP contribution >= 0.6 is 11.6 Å². The molecule has 2 N–H and O–H groups in total. The molecule has 0 spiro atoms. The zero-order valence-electron chi connectivity index (χ0n) is 23.3. The Morgan fingerprint density at radius 3 is 2.40 bits per heavy atom. The number of nitrogens with two attached hydrogens (primary N) is 1. The minimum Gasteiger partial charge on any atom is -0.493 e. The Morgan fingerprint density at radius 1 is 1.00 bits per heavy atom. The number of rotatable bonds is 6. The molecule has 0 atom stereocenters. The fraction of sp³-hybridized carbons (Fsp3) is 0.400. The van der Waals surface area contributed by atoms with Crippen LogP contribution in [-0.2, 0) is 16.0 Å². The van der Waals surface area contributed by atoms with Crippen molar-refractivity contribution in [3.63, 3.8) is 0 Å². The fourth-order valence-corrected chi connectivity index (χ4v) is 8.17. The first-order valence-electron chi connectivity index (χ1n) is 14.0. The van der Waals surface area contributed by atoms with Crippen LogP contribution in [0.15, 0.2) is 42.7 Å². The second-order valence-corrected chi connectivity index (χ2v) is 13.8. The average molecular weight is 635 g/mol. The van der Waals surface area contributed by atoms with Crippen molar-refractivity contribution >= 4 is 32.8 Å². The molecule has 4 aromatic rings. The monoisotopic (exact) mass is 634 g/mol. The highest BCUT2D eigenvalue weighted by Crippen LogP contribution is 2.49. The molecule has 8 nitrogen and oxygen atoms in total. The Bertz CT molecular complexity index is 1790. The smallest absolute Gasteiger partial charge is 0.417 e. The summed E-state index contributed by atoms with van der Waals surface area (Å²) in [6.45, 7) is 0. The van der Waals surface area contributed by atoms with E-state index in [9.17, 15) is 21.6 Å². The van der Waals surface area contributed by atoms with Gasteiger partial charge in [0.2, 0.25) is 0 Å². The maximum Gasteiger partial charge on any atom is 0.417 e. The van der Waals surface area contributed by atoms with Crippen LogP contribution in [0.3, 0.4) is 0 Å². The molecule has 0 radical (unpaired) electrons. The van der Waals surface area contributed by atoms with Gasteiger partial charge in [0.1, 0.15) is 27.4 Å². The molecule has 0 amide bonds. The Hall–Kier alpha value is -3.51. The van der Waals surface area contributed by atoms with Crippen molar-refractivity contribution in [3.05, 3.63) is 64.6 Å². The van der Waals surface area contributed by atoms with E-state index in [2.05, 4.69) is 10.1 Å². The molecule has 2 fully saturated rings. The second kappa shape index (κ2) is 11.2. The number of ether oxygens (including phenoxy) is 2. The summed E-state index contributed by atoms with van der Waals surface area (Å²) in [5, 5.41) is 4.19. The molecule has 2 aromatic heterocycles. The van der Waals surface area contributed by atoms with Gasteiger partial charge in [-0.25, -0.2) is 17.9 Å². The minimum atomic E-state index is -4.64. The molecular weight excluding hydrogens is 605 g/mol. The van der Waals surface area contributed by atoms with Gasteiger partial charge in [0, 0.05) is 11.5 Å². The third-order valence-corrected chi connectivity index (χ3v) is 10.5.